The Kier molecular flexibility index (Phi) is 11.0. The first kappa shape index (κ1) is 16.9. The lowest BCUT2D eigenvalue weighted by atomic mass is 10.0. The molecule has 0 fully saturated rings. The summed E-state index contributed by atoms with van der Waals surface area (Å²) in [6.45, 7) is 16.3. The molecule has 17 heavy (non-hydrogen) atoms. The van der Waals surface area contributed by atoms with E-state index in [9.17, 15) is 0 Å². The van der Waals surface area contributed by atoms with Gasteiger partial charge in [0.2, 0.25) is 0 Å². The first-order valence-corrected chi connectivity index (χ1v) is 7.63. The Bertz CT molecular complexity index is 155. The van der Waals surface area contributed by atoms with Gasteiger partial charge in [-0.2, -0.15) is 0 Å². The van der Waals surface area contributed by atoms with Gasteiger partial charge in [0, 0.05) is 12.6 Å². The lowest BCUT2D eigenvalue weighted by Crippen LogP contribution is -2.35. The third kappa shape index (κ3) is 8.62. The van der Waals surface area contributed by atoms with Gasteiger partial charge in [-0.1, -0.05) is 40.5 Å². The minimum atomic E-state index is 0.658. The topological polar surface area (TPSA) is 15.3 Å². The van der Waals surface area contributed by atoms with E-state index in [2.05, 4.69) is 44.8 Å². The molecule has 0 rings (SSSR count). The largest absolute Gasteiger partial charge is 0.314 e. The molecule has 0 aromatic heterocycles. The van der Waals surface area contributed by atoms with Crippen LogP contribution in [0, 0.1) is 5.92 Å². The van der Waals surface area contributed by atoms with Crippen LogP contribution in [0.4, 0.5) is 0 Å². The SMILES string of the molecule is CCCNC(C)CCN(CC)CC(CC)CC. The summed E-state index contributed by atoms with van der Waals surface area (Å²) in [7, 11) is 0. The van der Waals surface area contributed by atoms with Crippen LogP contribution in [0.15, 0.2) is 0 Å². The van der Waals surface area contributed by atoms with Crippen LogP contribution in [0.25, 0.3) is 0 Å². The monoisotopic (exact) mass is 242 g/mol. The number of hydrogen-bond donors (Lipinski definition) is 1. The zero-order valence-corrected chi connectivity index (χ0v) is 12.8. The van der Waals surface area contributed by atoms with Crippen LogP contribution in [0.2, 0.25) is 0 Å². The predicted octanol–water partition coefficient (Wildman–Crippen LogP) is 3.52. The predicted molar refractivity (Wildman–Crippen MR) is 78.6 cm³/mol. The Labute approximate surface area is 109 Å². The van der Waals surface area contributed by atoms with Crippen LogP contribution in [0.5, 0.6) is 0 Å². The highest BCUT2D eigenvalue weighted by molar-refractivity contribution is 4.67. The fourth-order valence-corrected chi connectivity index (χ4v) is 2.16. The lowest BCUT2D eigenvalue weighted by Gasteiger charge is -2.26. The Morgan fingerprint density at radius 1 is 1.06 bits per heavy atom. The zero-order chi connectivity index (χ0) is 13.1. The van der Waals surface area contributed by atoms with Gasteiger partial charge in [-0.05, 0) is 45.3 Å². The minimum Gasteiger partial charge on any atom is -0.314 e. The van der Waals surface area contributed by atoms with Crippen LogP contribution in [-0.2, 0) is 0 Å². The summed E-state index contributed by atoms with van der Waals surface area (Å²) in [5, 5.41) is 3.57. The number of rotatable bonds is 11. The molecule has 1 atom stereocenters. The van der Waals surface area contributed by atoms with Crippen molar-refractivity contribution in [3.05, 3.63) is 0 Å². The molecule has 0 bridgehead atoms. The first-order valence-electron chi connectivity index (χ1n) is 7.63. The van der Waals surface area contributed by atoms with E-state index in [1.165, 1.54) is 45.3 Å². The van der Waals surface area contributed by atoms with E-state index >= 15 is 0 Å². The first-order chi connectivity index (χ1) is 8.17. The van der Waals surface area contributed by atoms with Gasteiger partial charge in [0.05, 0.1) is 0 Å². The fraction of sp³-hybridized carbons (Fsp3) is 1.00. The van der Waals surface area contributed by atoms with Crippen molar-refractivity contribution in [1.29, 1.82) is 0 Å². The molecular weight excluding hydrogens is 208 g/mol. The highest BCUT2D eigenvalue weighted by atomic mass is 15.1. The van der Waals surface area contributed by atoms with Crippen molar-refractivity contribution in [3.63, 3.8) is 0 Å². The van der Waals surface area contributed by atoms with Gasteiger partial charge in [0.25, 0.3) is 0 Å². The Morgan fingerprint density at radius 3 is 2.18 bits per heavy atom. The molecule has 0 aliphatic carbocycles. The maximum atomic E-state index is 3.57. The quantitative estimate of drug-likeness (QED) is 0.596. The van der Waals surface area contributed by atoms with Crippen molar-refractivity contribution in [2.24, 2.45) is 5.92 Å². The minimum absolute atomic E-state index is 0.658. The molecule has 0 aliphatic rings. The Morgan fingerprint density at radius 2 is 1.71 bits per heavy atom. The molecule has 0 heterocycles. The van der Waals surface area contributed by atoms with E-state index in [1.54, 1.807) is 0 Å². The van der Waals surface area contributed by atoms with Crippen molar-refractivity contribution in [2.45, 2.75) is 66.3 Å². The zero-order valence-electron chi connectivity index (χ0n) is 12.8. The smallest absolute Gasteiger partial charge is 0.00508 e. The van der Waals surface area contributed by atoms with E-state index in [-0.39, 0.29) is 0 Å². The van der Waals surface area contributed by atoms with Crippen molar-refractivity contribution in [3.8, 4) is 0 Å². The van der Waals surface area contributed by atoms with Gasteiger partial charge in [0.1, 0.15) is 0 Å². The summed E-state index contributed by atoms with van der Waals surface area (Å²) >= 11 is 0. The molecule has 104 valence electrons. The fourth-order valence-electron chi connectivity index (χ4n) is 2.16. The molecule has 0 saturated carbocycles. The molecular formula is C15H34N2. The van der Waals surface area contributed by atoms with Crippen LogP contribution < -0.4 is 5.32 Å². The summed E-state index contributed by atoms with van der Waals surface area (Å²) in [5.41, 5.74) is 0. The Balaban J connectivity index is 3.80. The van der Waals surface area contributed by atoms with Crippen LogP contribution >= 0.6 is 0 Å². The second-order valence-electron chi connectivity index (χ2n) is 5.22. The molecule has 0 aliphatic heterocycles. The van der Waals surface area contributed by atoms with Crippen LogP contribution in [-0.4, -0.2) is 37.1 Å². The maximum Gasteiger partial charge on any atom is 0.00508 e. The summed E-state index contributed by atoms with van der Waals surface area (Å²) in [6, 6.07) is 0.658. The standard InChI is InChI=1S/C15H34N2/c1-6-11-16-14(5)10-12-17(9-4)13-15(7-2)8-3/h14-16H,6-13H2,1-5H3. The van der Waals surface area contributed by atoms with Gasteiger partial charge in [-0.3, -0.25) is 0 Å². The summed E-state index contributed by atoms with van der Waals surface area (Å²) in [4.78, 5) is 2.61. The van der Waals surface area contributed by atoms with Crippen molar-refractivity contribution in [1.82, 2.24) is 10.2 Å². The number of hydrogen-bond acceptors (Lipinski definition) is 2. The molecule has 0 radical (unpaired) electrons. The van der Waals surface area contributed by atoms with Gasteiger partial charge in [-0.25, -0.2) is 0 Å². The molecule has 2 heteroatoms. The molecule has 0 aromatic carbocycles. The van der Waals surface area contributed by atoms with E-state index in [0.717, 1.165) is 12.5 Å². The number of nitrogens with one attached hydrogen (secondary N) is 1. The average Bonchev–Trinajstić information content (AvgIpc) is 2.36. The molecule has 2 nitrogen and oxygen atoms in total. The third-order valence-electron chi connectivity index (χ3n) is 3.74. The molecule has 1 unspecified atom stereocenters. The summed E-state index contributed by atoms with van der Waals surface area (Å²) < 4.78 is 0. The van der Waals surface area contributed by atoms with E-state index < -0.39 is 0 Å². The van der Waals surface area contributed by atoms with Crippen molar-refractivity contribution < 1.29 is 0 Å². The molecule has 0 spiro atoms. The van der Waals surface area contributed by atoms with E-state index in [1.807, 2.05) is 0 Å². The average molecular weight is 242 g/mol. The van der Waals surface area contributed by atoms with E-state index in [0.29, 0.717) is 6.04 Å². The summed E-state index contributed by atoms with van der Waals surface area (Å²) in [6.07, 6.45) is 5.14. The Hall–Kier alpha value is -0.0800. The van der Waals surface area contributed by atoms with Gasteiger partial charge in [-0.15, -0.1) is 0 Å². The maximum absolute atomic E-state index is 3.57. The van der Waals surface area contributed by atoms with Crippen LogP contribution in [0.1, 0.15) is 60.3 Å². The molecule has 1 N–H and O–H groups in total. The normalized spacial score (nSPS) is 13.6. The second-order valence-corrected chi connectivity index (χ2v) is 5.22. The third-order valence-corrected chi connectivity index (χ3v) is 3.74. The highest BCUT2D eigenvalue weighted by Gasteiger charge is 2.10. The highest BCUT2D eigenvalue weighted by Crippen LogP contribution is 2.10. The van der Waals surface area contributed by atoms with Crippen LogP contribution in [0.3, 0.4) is 0 Å². The van der Waals surface area contributed by atoms with Gasteiger partial charge < -0.3 is 10.2 Å². The molecule has 0 aromatic rings. The molecule has 0 amide bonds. The number of nitrogens with zero attached hydrogens (tertiary/aromatic N) is 1. The second kappa shape index (κ2) is 11.0. The molecule has 0 saturated heterocycles. The van der Waals surface area contributed by atoms with Gasteiger partial charge >= 0.3 is 0 Å². The summed E-state index contributed by atoms with van der Waals surface area (Å²) in [5.74, 6) is 0.883. The van der Waals surface area contributed by atoms with Crippen molar-refractivity contribution in [2.75, 3.05) is 26.2 Å². The van der Waals surface area contributed by atoms with E-state index in [4.69, 9.17) is 0 Å². The van der Waals surface area contributed by atoms with Gasteiger partial charge in [0.15, 0.2) is 0 Å². The van der Waals surface area contributed by atoms with Crippen molar-refractivity contribution >= 4 is 0 Å². The lowest BCUT2D eigenvalue weighted by molar-refractivity contribution is 0.223.